The van der Waals surface area contributed by atoms with Crippen LogP contribution < -0.4 is 15.4 Å². The minimum Gasteiger partial charge on any atom is -0.489 e. The van der Waals surface area contributed by atoms with Crippen molar-refractivity contribution in [3.05, 3.63) is 54.5 Å². The summed E-state index contributed by atoms with van der Waals surface area (Å²) in [5.41, 5.74) is 1.94. The zero-order chi connectivity index (χ0) is 24.7. The van der Waals surface area contributed by atoms with E-state index in [1.54, 1.807) is 12.4 Å². The summed E-state index contributed by atoms with van der Waals surface area (Å²) in [6.45, 7) is 3.92. The van der Waals surface area contributed by atoms with Crippen LogP contribution in [0.4, 0.5) is 29.2 Å². The van der Waals surface area contributed by atoms with Crippen molar-refractivity contribution in [2.45, 2.75) is 32.0 Å². The summed E-state index contributed by atoms with van der Waals surface area (Å²) in [6, 6.07) is 5.98. The predicted molar refractivity (Wildman–Crippen MR) is 114 cm³/mol. The number of nitrogens with zero attached hydrogens (tertiary/aromatic N) is 4. The summed E-state index contributed by atoms with van der Waals surface area (Å²) in [7, 11) is 0. The Balaban J connectivity index is 0.000000406. The van der Waals surface area contributed by atoms with E-state index >= 15 is 0 Å². The molecule has 1 fully saturated rings. The summed E-state index contributed by atoms with van der Waals surface area (Å²) in [4.78, 5) is 21.2. The molecular weight excluding hydrogens is 460 g/mol. The molecule has 0 radical (unpaired) electrons. The number of benzene rings is 1. The maximum atomic E-state index is 14.1. The van der Waals surface area contributed by atoms with Gasteiger partial charge in [-0.15, -0.1) is 0 Å². The molecule has 2 aromatic heterocycles. The molecule has 0 aliphatic carbocycles. The normalized spacial score (nSPS) is 15.4. The average molecular weight is 482 g/mol. The first kappa shape index (κ1) is 24.9. The van der Waals surface area contributed by atoms with Crippen LogP contribution >= 0.6 is 0 Å². The molecule has 0 saturated carbocycles. The molecule has 0 spiro atoms. The molecule has 1 atom stereocenters. The highest BCUT2D eigenvalue weighted by Gasteiger charge is 2.38. The first-order chi connectivity index (χ1) is 16.2. The molecule has 182 valence electrons. The van der Waals surface area contributed by atoms with Crippen LogP contribution in [0.5, 0.6) is 5.75 Å². The minimum absolute atomic E-state index is 0.144. The minimum atomic E-state index is -5.08. The van der Waals surface area contributed by atoms with Crippen molar-refractivity contribution in [3.8, 4) is 11.6 Å². The summed E-state index contributed by atoms with van der Waals surface area (Å²) in [6.07, 6.45) is 2.81. The number of carbonyl (C=O) groups is 1. The van der Waals surface area contributed by atoms with Crippen molar-refractivity contribution in [2.24, 2.45) is 0 Å². The number of carboxylic acid groups (broad SMARTS) is 1. The second-order valence-corrected chi connectivity index (χ2v) is 7.21. The lowest BCUT2D eigenvalue weighted by Crippen LogP contribution is -2.21. The summed E-state index contributed by atoms with van der Waals surface area (Å²) >= 11 is 0. The largest absolute Gasteiger partial charge is 0.490 e. The molecule has 1 aliphatic rings. The highest BCUT2D eigenvalue weighted by molar-refractivity contribution is 5.73. The molecule has 1 unspecified atom stereocenters. The number of aryl methyl sites for hydroxylation is 1. The lowest BCUT2D eigenvalue weighted by Gasteiger charge is -2.15. The van der Waals surface area contributed by atoms with Crippen LogP contribution in [0.15, 0.2) is 43.1 Å². The van der Waals surface area contributed by atoms with E-state index in [1.807, 2.05) is 18.2 Å². The molecule has 9 nitrogen and oxygen atoms in total. The first-order valence-corrected chi connectivity index (χ1v) is 10.2. The van der Waals surface area contributed by atoms with Crippen LogP contribution in [0.25, 0.3) is 5.82 Å². The molecule has 13 heteroatoms. The number of imidazole rings is 1. The van der Waals surface area contributed by atoms with Crippen molar-refractivity contribution in [1.29, 1.82) is 0 Å². The monoisotopic (exact) mass is 482 g/mol. The Morgan fingerprint density at radius 3 is 2.71 bits per heavy atom. The van der Waals surface area contributed by atoms with Gasteiger partial charge < -0.3 is 20.5 Å². The van der Waals surface area contributed by atoms with Crippen LogP contribution in [0.3, 0.4) is 0 Å². The standard InChI is InChI=1S/C19H21FN6O.C2HF3O2/c1-2-13-7-14(9-16(8-13)27-15-3-4-21-10-15)24-19-23-11-17(20)18(25-19)26-6-5-22-12-26;3-2(4,5)1(6)7/h5-9,11-12,15,21H,2-4,10H2,1H3,(H,23,24,25);(H,6,7). The molecule has 34 heavy (non-hydrogen) atoms. The third-order valence-electron chi connectivity index (χ3n) is 4.67. The topological polar surface area (TPSA) is 114 Å². The molecule has 1 aliphatic heterocycles. The summed E-state index contributed by atoms with van der Waals surface area (Å²) < 4.78 is 53.4. The van der Waals surface area contributed by atoms with Gasteiger partial charge in [-0.3, -0.25) is 4.57 Å². The highest BCUT2D eigenvalue weighted by Crippen LogP contribution is 2.25. The number of aromatic nitrogens is 4. The van der Waals surface area contributed by atoms with Crippen molar-refractivity contribution >= 4 is 17.6 Å². The Morgan fingerprint density at radius 2 is 2.12 bits per heavy atom. The van der Waals surface area contributed by atoms with E-state index in [1.165, 1.54) is 10.9 Å². The Kier molecular flexibility index (Phi) is 7.99. The fourth-order valence-electron chi connectivity index (χ4n) is 3.04. The van der Waals surface area contributed by atoms with Gasteiger partial charge in [-0.05, 0) is 37.1 Å². The van der Waals surface area contributed by atoms with E-state index in [4.69, 9.17) is 14.6 Å². The van der Waals surface area contributed by atoms with Gasteiger partial charge in [0.15, 0.2) is 11.6 Å². The highest BCUT2D eigenvalue weighted by atomic mass is 19.4. The van der Waals surface area contributed by atoms with Crippen molar-refractivity contribution in [1.82, 2.24) is 24.8 Å². The molecule has 3 heterocycles. The zero-order valence-corrected chi connectivity index (χ0v) is 18.0. The number of hydrogen-bond donors (Lipinski definition) is 3. The van der Waals surface area contributed by atoms with E-state index in [2.05, 4.69) is 32.5 Å². The van der Waals surface area contributed by atoms with Gasteiger partial charge in [0.05, 0.1) is 6.20 Å². The number of halogens is 4. The van der Waals surface area contributed by atoms with Crippen molar-refractivity contribution in [3.63, 3.8) is 0 Å². The fraction of sp³-hybridized carbons (Fsp3) is 0.333. The lowest BCUT2D eigenvalue weighted by molar-refractivity contribution is -0.192. The van der Waals surface area contributed by atoms with Gasteiger partial charge in [0, 0.05) is 30.7 Å². The quantitative estimate of drug-likeness (QED) is 0.458. The fourth-order valence-corrected chi connectivity index (χ4v) is 3.04. The molecule has 4 rings (SSSR count). The lowest BCUT2D eigenvalue weighted by atomic mass is 10.1. The molecule has 0 bridgehead atoms. The van der Waals surface area contributed by atoms with E-state index in [0.717, 1.165) is 49.1 Å². The van der Waals surface area contributed by atoms with Gasteiger partial charge in [-0.25, -0.2) is 19.2 Å². The van der Waals surface area contributed by atoms with Crippen molar-refractivity contribution < 1.29 is 32.2 Å². The van der Waals surface area contributed by atoms with Crippen LogP contribution in [0, 0.1) is 5.82 Å². The van der Waals surface area contributed by atoms with E-state index in [0.29, 0.717) is 5.95 Å². The van der Waals surface area contributed by atoms with E-state index in [-0.39, 0.29) is 11.9 Å². The molecular formula is C21H22F4N6O3. The number of hydrogen-bond acceptors (Lipinski definition) is 7. The van der Waals surface area contributed by atoms with E-state index < -0.39 is 18.0 Å². The predicted octanol–water partition coefficient (Wildman–Crippen LogP) is 3.48. The molecule has 1 saturated heterocycles. The van der Waals surface area contributed by atoms with E-state index in [9.17, 15) is 17.6 Å². The summed E-state index contributed by atoms with van der Waals surface area (Å²) in [5.74, 6) is -2.01. The van der Waals surface area contributed by atoms with Gasteiger partial charge in [0.1, 0.15) is 18.2 Å². The van der Waals surface area contributed by atoms with Gasteiger partial charge in [-0.1, -0.05) is 6.92 Å². The van der Waals surface area contributed by atoms with Crippen LogP contribution in [0.2, 0.25) is 0 Å². The molecule has 1 aromatic carbocycles. The second-order valence-electron chi connectivity index (χ2n) is 7.21. The van der Waals surface area contributed by atoms with Gasteiger partial charge in [0.25, 0.3) is 0 Å². The number of nitrogens with one attached hydrogen (secondary N) is 2. The Bertz CT molecular complexity index is 1100. The number of ether oxygens (including phenoxy) is 1. The van der Waals surface area contributed by atoms with Gasteiger partial charge in [-0.2, -0.15) is 18.2 Å². The average Bonchev–Trinajstić information content (AvgIpc) is 3.49. The van der Waals surface area contributed by atoms with Crippen LogP contribution in [0.1, 0.15) is 18.9 Å². The second kappa shape index (κ2) is 10.9. The number of carboxylic acids is 1. The number of alkyl halides is 3. The SMILES string of the molecule is CCc1cc(Nc2ncc(F)c(-n3ccnc3)n2)cc(OC2CCNC2)c1.O=C(O)C(F)(F)F. The maximum absolute atomic E-state index is 14.1. The molecule has 0 amide bonds. The van der Waals surface area contributed by atoms with Gasteiger partial charge >= 0.3 is 12.1 Å². The third-order valence-corrected chi connectivity index (χ3v) is 4.67. The number of rotatable bonds is 6. The van der Waals surface area contributed by atoms with Crippen LogP contribution in [-0.2, 0) is 11.2 Å². The Hall–Kier alpha value is -3.74. The zero-order valence-electron chi connectivity index (χ0n) is 18.0. The number of aliphatic carboxylic acids is 1. The van der Waals surface area contributed by atoms with Gasteiger partial charge in [0.2, 0.25) is 5.95 Å². The molecule has 3 aromatic rings. The summed E-state index contributed by atoms with van der Waals surface area (Å²) in [5, 5.41) is 13.6. The Labute approximate surface area is 191 Å². The number of anilines is 2. The third kappa shape index (κ3) is 6.88. The van der Waals surface area contributed by atoms with Crippen LogP contribution in [-0.4, -0.2) is 56.0 Å². The first-order valence-electron chi connectivity index (χ1n) is 10.2. The maximum Gasteiger partial charge on any atom is 0.490 e. The smallest absolute Gasteiger partial charge is 0.489 e. The van der Waals surface area contributed by atoms with Crippen molar-refractivity contribution in [2.75, 3.05) is 18.4 Å². The Morgan fingerprint density at radius 1 is 1.35 bits per heavy atom. The molecule has 3 N–H and O–H groups in total.